The highest BCUT2D eigenvalue weighted by Crippen LogP contribution is 2.44. The first-order chi connectivity index (χ1) is 16.8. The van der Waals surface area contributed by atoms with Gasteiger partial charge >= 0.3 is 12.1 Å². The van der Waals surface area contributed by atoms with Crippen molar-refractivity contribution in [3.05, 3.63) is 77.6 Å². The molecule has 0 fully saturated rings. The maximum atomic E-state index is 12.9. The Balaban J connectivity index is 1.50. The van der Waals surface area contributed by atoms with Crippen LogP contribution in [0.5, 0.6) is 0 Å². The molecule has 10 nitrogen and oxygen atoms in total. The second-order valence-corrected chi connectivity index (χ2v) is 8.35. The van der Waals surface area contributed by atoms with Crippen molar-refractivity contribution in [1.29, 1.82) is 0 Å². The number of hydrogen-bond donors (Lipinski definition) is 4. The molecule has 0 bridgehead atoms. The zero-order valence-electron chi connectivity index (χ0n) is 19.2. The van der Waals surface area contributed by atoms with Crippen LogP contribution < -0.4 is 10.6 Å². The Morgan fingerprint density at radius 2 is 1.63 bits per heavy atom. The van der Waals surface area contributed by atoms with E-state index in [2.05, 4.69) is 15.7 Å². The predicted molar refractivity (Wildman–Crippen MR) is 125 cm³/mol. The first-order valence-corrected chi connectivity index (χ1v) is 11.1. The van der Waals surface area contributed by atoms with Crippen LogP contribution in [0, 0.1) is 0 Å². The van der Waals surface area contributed by atoms with E-state index in [9.17, 15) is 24.6 Å². The van der Waals surface area contributed by atoms with Gasteiger partial charge in [0.2, 0.25) is 5.91 Å². The molecule has 182 valence electrons. The number of amides is 2. The van der Waals surface area contributed by atoms with Crippen molar-refractivity contribution in [2.24, 2.45) is 7.05 Å². The molecule has 3 unspecified atom stereocenters. The Bertz CT molecular complexity index is 1210. The molecule has 10 heteroatoms. The molecular weight excluding hydrogens is 452 g/mol. The third-order valence-electron chi connectivity index (χ3n) is 6.07. The van der Waals surface area contributed by atoms with Gasteiger partial charge in [-0.2, -0.15) is 5.10 Å². The minimum atomic E-state index is -1.55. The fourth-order valence-electron chi connectivity index (χ4n) is 4.32. The van der Waals surface area contributed by atoms with Gasteiger partial charge in [0.05, 0.1) is 11.8 Å². The number of aliphatic hydroxyl groups excluding tert-OH is 1. The van der Waals surface area contributed by atoms with Crippen LogP contribution in [0.4, 0.5) is 4.79 Å². The summed E-state index contributed by atoms with van der Waals surface area (Å²) in [7, 11) is 1.58. The molecule has 1 heterocycles. The lowest BCUT2D eigenvalue weighted by molar-refractivity contribution is -0.145. The van der Waals surface area contributed by atoms with Crippen LogP contribution in [0.3, 0.4) is 0 Å². The molecule has 3 atom stereocenters. The minimum absolute atomic E-state index is 0.0466. The Hall–Kier alpha value is -4.18. The van der Waals surface area contributed by atoms with E-state index in [1.807, 2.05) is 48.5 Å². The molecule has 2 aromatic carbocycles. The van der Waals surface area contributed by atoms with E-state index in [1.165, 1.54) is 23.9 Å². The number of ether oxygens (including phenoxy) is 1. The number of aliphatic hydroxyl groups is 1. The van der Waals surface area contributed by atoms with Crippen LogP contribution in [0.2, 0.25) is 0 Å². The third kappa shape index (κ3) is 4.87. The largest absolute Gasteiger partial charge is 0.480 e. The van der Waals surface area contributed by atoms with Gasteiger partial charge in [0.15, 0.2) is 12.1 Å². The predicted octanol–water partition coefficient (Wildman–Crippen LogP) is 1.95. The summed E-state index contributed by atoms with van der Waals surface area (Å²) in [6, 6.07) is 14.5. The summed E-state index contributed by atoms with van der Waals surface area (Å²) in [6.45, 7) is 1.29. The standard InChI is InChI=1S/C25H26N4O6/c1-14(30)21(24(32)33)27-23(31)22(20-11-12-26-29(20)2)28-25(34)35-13-19-17-9-5-3-7-15(17)16-8-4-6-10-18(16)19/h3-12,14,19,21-22,30H,13H2,1-2H3,(H,27,31)(H,28,34)(H,32,33). The van der Waals surface area contributed by atoms with Crippen LogP contribution in [0.15, 0.2) is 60.8 Å². The molecule has 1 aliphatic carbocycles. The fraction of sp³-hybridized carbons (Fsp3) is 0.280. The number of nitrogens with one attached hydrogen (secondary N) is 2. The second kappa shape index (κ2) is 9.98. The number of alkyl carbamates (subject to hydrolysis) is 1. The number of carboxylic acids is 1. The van der Waals surface area contributed by atoms with Crippen LogP contribution in [-0.4, -0.2) is 56.7 Å². The van der Waals surface area contributed by atoms with E-state index in [4.69, 9.17) is 4.74 Å². The van der Waals surface area contributed by atoms with Crippen LogP contribution >= 0.6 is 0 Å². The Kier molecular flexibility index (Phi) is 6.83. The zero-order valence-corrected chi connectivity index (χ0v) is 19.2. The van der Waals surface area contributed by atoms with Crippen LogP contribution in [0.1, 0.15) is 35.7 Å². The van der Waals surface area contributed by atoms with Crippen molar-refractivity contribution in [3.8, 4) is 11.1 Å². The number of aliphatic carboxylic acids is 1. The molecule has 4 N–H and O–H groups in total. The van der Waals surface area contributed by atoms with Crippen molar-refractivity contribution in [1.82, 2.24) is 20.4 Å². The topological polar surface area (TPSA) is 143 Å². The lowest BCUT2D eigenvalue weighted by atomic mass is 9.98. The minimum Gasteiger partial charge on any atom is -0.480 e. The quantitative estimate of drug-likeness (QED) is 0.388. The van der Waals surface area contributed by atoms with Gasteiger partial charge < -0.3 is 25.6 Å². The second-order valence-electron chi connectivity index (χ2n) is 8.35. The summed E-state index contributed by atoms with van der Waals surface area (Å²) in [4.78, 5) is 37.2. The van der Waals surface area contributed by atoms with Crippen molar-refractivity contribution in [3.63, 3.8) is 0 Å². The number of benzene rings is 2. The van der Waals surface area contributed by atoms with E-state index in [-0.39, 0.29) is 12.5 Å². The Morgan fingerprint density at radius 3 is 2.14 bits per heavy atom. The molecule has 0 radical (unpaired) electrons. The fourth-order valence-corrected chi connectivity index (χ4v) is 4.32. The highest BCUT2D eigenvalue weighted by Gasteiger charge is 2.33. The van der Waals surface area contributed by atoms with Gasteiger partial charge in [0, 0.05) is 19.2 Å². The highest BCUT2D eigenvalue weighted by molar-refractivity contribution is 5.90. The van der Waals surface area contributed by atoms with Crippen molar-refractivity contribution in [2.45, 2.75) is 31.0 Å². The van der Waals surface area contributed by atoms with Crippen LogP contribution in [-0.2, 0) is 21.4 Å². The van der Waals surface area contributed by atoms with Crippen molar-refractivity contribution in [2.75, 3.05) is 6.61 Å². The summed E-state index contributed by atoms with van der Waals surface area (Å²) in [6.07, 6.45) is -0.756. The molecule has 1 aromatic heterocycles. The SMILES string of the molecule is CC(O)C(NC(=O)C(NC(=O)OCC1c2ccccc2-c2ccccc21)c1ccnn1C)C(=O)O. The average molecular weight is 479 g/mol. The smallest absolute Gasteiger partial charge is 0.408 e. The van der Waals surface area contributed by atoms with Gasteiger partial charge in [0.25, 0.3) is 0 Å². The van der Waals surface area contributed by atoms with E-state index in [0.717, 1.165) is 22.3 Å². The Morgan fingerprint density at radius 1 is 1.03 bits per heavy atom. The molecule has 0 saturated heterocycles. The monoisotopic (exact) mass is 478 g/mol. The molecule has 35 heavy (non-hydrogen) atoms. The van der Waals surface area contributed by atoms with Gasteiger partial charge in [-0.1, -0.05) is 48.5 Å². The summed E-state index contributed by atoms with van der Waals surface area (Å²) in [5.41, 5.74) is 4.57. The van der Waals surface area contributed by atoms with E-state index in [1.54, 1.807) is 7.05 Å². The molecule has 4 rings (SSSR count). The number of carboxylic acid groups (broad SMARTS) is 1. The first-order valence-electron chi connectivity index (χ1n) is 11.1. The average Bonchev–Trinajstić information content (AvgIpc) is 3.40. The highest BCUT2D eigenvalue weighted by atomic mass is 16.5. The van der Waals surface area contributed by atoms with Crippen LogP contribution in [0.25, 0.3) is 11.1 Å². The summed E-state index contributed by atoms with van der Waals surface area (Å²) in [5.74, 6) is -2.39. The van der Waals surface area contributed by atoms with Crippen molar-refractivity contribution >= 4 is 18.0 Å². The van der Waals surface area contributed by atoms with Gasteiger partial charge in [-0.25, -0.2) is 9.59 Å². The van der Waals surface area contributed by atoms with Gasteiger partial charge in [-0.05, 0) is 35.2 Å². The number of carbonyl (C=O) groups is 3. The van der Waals surface area contributed by atoms with E-state index in [0.29, 0.717) is 5.69 Å². The molecule has 0 saturated carbocycles. The number of aryl methyl sites for hydroxylation is 1. The summed E-state index contributed by atoms with van der Waals surface area (Å²) >= 11 is 0. The number of carbonyl (C=O) groups excluding carboxylic acids is 2. The number of hydrogen-bond acceptors (Lipinski definition) is 6. The van der Waals surface area contributed by atoms with Crippen molar-refractivity contribution < 1.29 is 29.3 Å². The number of aromatic nitrogens is 2. The third-order valence-corrected chi connectivity index (χ3v) is 6.07. The zero-order chi connectivity index (χ0) is 25.1. The van der Waals surface area contributed by atoms with E-state index < -0.39 is 36.2 Å². The number of fused-ring (bicyclic) bond motifs is 3. The Labute approximate surface area is 201 Å². The summed E-state index contributed by atoms with van der Waals surface area (Å²) < 4.78 is 6.91. The number of nitrogens with zero attached hydrogens (tertiary/aromatic N) is 2. The molecule has 3 aromatic rings. The normalized spacial score (nSPS) is 14.8. The molecule has 0 spiro atoms. The van der Waals surface area contributed by atoms with E-state index >= 15 is 0 Å². The maximum absolute atomic E-state index is 12.9. The first kappa shape index (κ1) is 24.0. The lowest BCUT2D eigenvalue weighted by Crippen LogP contribution is -2.52. The maximum Gasteiger partial charge on any atom is 0.408 e. The van der Waals surface area contributed by atoms with Gasteiger partial charge in [-0.3, -0.25) is 9.48 Å². The lowest BCUT2D eigenvalue weighted by Gasteiger charge is -2.23. The molecular formula is C25H26N4O6. The molecule has 0 aliphatic heterocycles. The summed E-state index contributed by atoms with van der Waals surface area (Å²) in [5, 5.41) is 27.8. The molecule has 2 amide bonds. The van der Waals surface area contributed by atoms with Gasteiger partial charge in [-0.15, -0.1) is 0 Å². The molecule has 1 aliphatic rings. The number of rotatable bonds is 8. The van der Waals surface area contributed by atoms with Gasteiger partial charge in [0.1, 0.15) is 6.61 Å².